The highest BCUT2D eigenvalue weighted by Crippen LogP contribution is 2.20. The third-order valence-corrected chi connectivity index (χ3v) is 5.25. The van der Waals surface area contributed by atoms with Crippen molar-refractivity contribution in [3.63, 3.8) is 0 Å². The molecule has 1 aromatic heterocycles. The number of carbonyl (C=O) groups is 1. The Morgan fingerprint density at radius 3 is 2.80 bits per heavy atom. The Hall–Kier alpha value is -2.59. The maximum absolute atomic E-state index is 12.6. The van der Waals surface area contributed by atoms with Gasteiger partial charge in [0.15, 0.2) is 6.54 Å². The summed E-state index contributed by atoms with van der Waals surface area (Å²) in [5.41, 5.74) is 2.20. The highest BCUT2D eigenvalue weighted by atomic mass is 16.2. The summed E-state index contributed by atoms with van der Waals surface area (Å²) < 4.78 is 2.18. The number of anilines is 1. The third-order valence-electron chi connectivity index (χ3n) is 5.25. The monoisotopic (exact) mass is 334 g/mol. The second kappa shape index (κ2) is 6.73. The summed E-state index contributed by atoms with van der Waals surface area (Å²) in [4.78, 5) is 13.9. The molecule has 1 fully saturated rings. The number of likely N-dealkylation sites (tertiary alicyclic amines) is 1. The maximum Gasteiger partial charge on any atom is 0.279 e. The first-order valence-corrected chi connectivity index (χ1v) is 8.95. The van der Waals surface area contributed by atoms with E-state index in [-0.39, 0.29) is 5.91 Å². The number of fused-ring (bicyclic) bond motifs is 1. The minimum absolute atomic E-state index is 0.0893. The van der Waals surface area contributed by atoms with Crippen molar-refractivity contribution in [1.29, 1.82) is 0 Å². The Bertz CT molecular complexity index is 899. The number of hydrogen-bond donors (Lipinski definition) is 2. The molecule has 2 atom stereocenters. The van der Waals surface area contributed by atoms with Crippen molar-refractivity contribution < 1.29 is 9.69 Å². The van der Waals surface area contributed by atoms with Gasteiger partial charge in [-0.2, -0.15) is 0 Å². The van der Waals surface area contributed by atoms with Crippen LogP contribution in [0.3, 0.4) is 0 Å². The number of quaternary nitrogens is 1. The lowest BCUT2D eigenvalue weighted by Gasteiger charge is -2.21. The molecule has 1 amide bonds. The number of rotatable bonds is 4. The molecule has 1 saturated heterocycles. The largest absolute Gasteiger partial charge is 0.350 e. The van der Waals surface area contributed by atoms with Gasteiger partial charge in [-0.3, -0.25) is 4.79 Å². The molecule has 0 bridgehead atoms. The average molecular weight is 334 g/mol. The SMILES string of the molecule is Cn1cccc1[C@H]1CCC[NH+]1CC(=O)Nc1ccc2ccccc2c1. The van der Waals surface area contributed by atoms with Gasteiger partial charge in [0.05, 0.1) is 12.2 Å². The molecular weight excluding hydrogens is 310 g/mol. The van der Waals surface area contributed by atoms with Gasteiger partial charge in [-0.1, -0.05) is 30.3 Å². The van der Waals surface area contributed by atoms with E-state index in [0.29, 0.717) is 12.6 Å². The molecule has 25 heavy (non-hydrogen) atoms. The van der Waals surface area contributed by atoms with Crippen molar-refractivity contribution in [3.8, 4) is 0 Å². The number of carbonyl (C=O) groups excluding carboxylic acids is 1. The van der Waals surface area contributed by atoms with E-state index >= 15 is 0 Å². The van der Waals surface area contributed by atoms with E-state index in [1.54, 1.807) is 0 Å². The van der Waals surface area contributed by atoms with Crippen LogP contribution in [0.25, 0.3) is 10.8 Å². The average Bonchev–Trinajstić information content (AvgIpc) is 3.23. The molecule has 2 N–H and O–H groups in total. The van der Waals surface area contributed by atoms with Crippen molar-refractivity contribution in [3.05, 3.63) is 66.5 Å². The summed E-state index contributed by atoms with van der Waals surface area (Å²) in [6, 6.07) is 19.0. The summed E-state index contributed by atoms with van der Waals surface area (Å²) in [6.07, 6.45) is 4.41. The fraction of sp³-hybridized carbons (Fsp3) is 0.286. The number of aromatic nitrogens is 1. The van der Waals surface area contributed by atoms with Gasteiger partial charge >= 0.3 is 0 Å². The maximum atomic E-state index is 12.6. The smallest absolute Gasteiger partial charge is 0.279 e. The van der Waals surface area contributed by atoms with Crippen LogP contribution in [-0.4, -0.2) is 23.6 Å². The molecule has 1 aliphatic heterocycles. The highest BCUT2D eigenvalue weighted by molar-refractivity contribution is 5.94. The number of aryl methyl sites for hydroxylation is 1. The van der Waals surface area contributed by atoms with Crippen LogP contribution >= 0.6 is 0 Å². The van der Waals surface area contributed by atoms with Gasteiger partial charge in [0.25, 0.3) is 5.91 Å². The Balaban J connectivity index is 1.45. The topological polar surface area (TPSA) is 38.5 Å². The van der Waals surface area contributed by atoms with Crippen molar-refractivity contribution in [2.75, 3.05) is 18.4 Å². The summed E-state index contributed by atoms with van der Waals surface area (Å²) >= 11 is 0. The molecular formula is C21H24N3O+. The van der Waals surface area contributed by atoms with Crippen molar-refractivity contribution in [2.24, 2.45) is 7.05 Å². The second-order valence-corrected chi connectivity index (χ2v) is 6.93. The molecule has 0 aliphatic carbocycles. The summed E-state index contributed by atoms with van der Waals surface area (Å²) in [7, 11) is 2.08. The second-order valence-electron chi connectivity index (χ2n) is 6.93. The zero-order chi connectivity index (χ0) is 17.2. The molecule has 2 heterocycles. The van der Waals surface area contributed by atoms with E-state index in [1.165, 1.54) is 22.4 Å². The Morgan fingerprint density at radius 2 is 2.00 bits per heavy atom. The minimum atomic E-state index is 0.0893. The van der Waals surface area contributed by atoms with E-state index in [2.05, 4.69) is 53.5 Å². The molecule has 4 heteroatoms. The van der Waals surface area contributed by atoms with Gasteiger partial charge < -0.3 is 14.8 Å². The Kier molecular flexibility index (Phi) is 4.28. The van der Waals surface area contributed by atoms with Gasteiger partial charge in [-0.05, 0) is 35.0 Å². The number of nitrogens with one attached hydrogen (secondary N) is 2. The highest BCUT2D eigenvalue weighted by Gasteiger charge is 2.32. The molecule has 1 aliphatic rings. The van der Waals surface area contributed by atoms with Crippen LogP contribution in [0.5, 0.6) is 0 Å². The minimum Gasteiger partial charge on any atom is -0.350 e. The Morgan fingerprint density at radius 1 is 1.16 bits per heavy atom. The lowest BCUT2D eigenvalue weighted by Crippen LogP contribution is -3.11. The molecule has 2 aromatic carbocycles. The zero-order valence-electron chi connectivity index (χ0n) is 14.5. The number of amides is 1. The molecule has 1 unspecified atom stereocenters. The predicted molar refractivity (Wildman–Crippen MR) is 101 cm³/mol. The lowest BCUT2D eigenvalue weighted by molar-refractivity contribution is -0.910. The van der Waals surface area contributed by atoms with Crippen LogP contribution in [0.15, 0.2) is 60.8 Å². The summed E-state index contributed by atoms with van der Waals surface area (Å²) in [6.45, 7) is 1.57. The molecule has 128 valence electrons. The normalized spacial score (nSPS) is 20.0. The number of hydrogen-bond acceptors (Lipinski definition) is 1. The molecule has 4 rings (SSSR count). The van der Waals surface area contributed by atoms with Gasteiger partial charge in [0.2, 0.25) is 0 Å². The molecule has 3 aromatic rings. The first-order valence-electron chi connectivity index (χ1n) is 8.95. The fourth-order valence-electron chi connectivity index (χ4n) is 4.00. The van der Waals surface area contributed by atoms with Crippen LogP contribution in [0, 0.1) is 0 Å². The standard InChI is InChI=1S/C21H23N3O/c1-23-12-4-8-19(23)20-9-5-13-24(20)15-21(25)22-18-11-10-16-6-2-3-7-17(16)14-18/h2-4,6-8,10-12,14,20H,5,9,13,15H2,1H3,(H,22,25)/p+1/t20-/m1/s1. The van der Waals surface area contributed by atoms with Crippen molar-refractivity contribution >= 4 is 22.4 Å². The van der Waals surface area contributed by atoms with Gasteiger partial charge in [0.1, 0.15) is 6.04 Å². The fourth-order valence-corrected chi connectivity index (χ4v) is 4.00. The van der Waals surface area contributed by atoms with E-state index < -0.39 is 0 Å². The van der Waals surface area contributed by atoms with Crippen LogP contribution in [0.4, 0.5) is 5.69 Å². The molecule has 0 radical (unpaired) electrons. The van der Waals surface area contributed by atoms with Crippen molar-refractivity contribution in [2.45, 2.75) is 18.9 Å². The van der Waals surface area contributed by atoms with Gasteiger partial charge in [0, 0.05) is 31.8 Å². The quantitative estimate of drug-likeness (QED) is 0.756. The zero-order valence-corrected chi connectivity index (χ0v) is 14.5. The summed E-state index contributed by atoms with van der Waals surface area (Å²) in [5.74, 6) is 0.0893. The van der Waals surface area contributed by atoms with Crippen molar-refractivity contribution in [1.82, 2.24) is 4.57 Å². The van der Waals surface area contributed by atoms with E-state index in [1.807, 2.05) is 24.3 Å². The molecule has 4 nitrogen and oxygen atoms in total. The van der Waals surface area contributed by atoms with Crippen LogP contribution in [0.2, 0.25) is 0 Å². The molecule has 0 spiro atoms. The van der Waals surface area contributed by atoms with E-state index in [9.17, 15) is 4.79 Å². The van der Waals surface area contributed by atoms with Crippen LogP contribution in [0.1, 0.15) is 24.6 Å². The van der Waals surface area contributed by atoms with E-state index in [4.69, 9.17) is 0 Å². The van der Waals surface area contributed by atoms with E-state index in [0.717, 1.165) is 24.0 Å². The number of nitrogens with zero attached hydrogens (tertiary/aromatic N) is 1. The first kappa shape index (κ1) is 15.9. The predicted octanol–water partition coefficient (Wildman–Crippen LogP) is 2.54. The number of benzene rings is 2. The third kappa shape index (κ3) is 3.30. The first-order chi connectivity index (χ1) is 12.2. The molecule has 0 saturated carbocycles. The summed E-state index contributed by atoms with van der Waals surface area (Å²) in [5, 5.41) is 5.41. The lowest BCUT2D eigenvalue weighted by atomic mass is 10.1. The van der Waals surface area contributed by atoms with Crippen LogP contribution < -0.4 is 10.2 Å². The van der Waals surface area contributed by atoms with Gasteiger partial charge in [-0.15, -0.1) is 0 Å². The van der Waals surface area contributed by atoms with Crippen LogP contribution in [-0.2, 0) is 11.8 Å². The Labute approximate surface area is 148 Å². The van der Waals surface area contributed by atoms with Gasteiger partial charge in [-0.25, -0.2) is 0 Å².